The van der Waals surface area contributed by atoms with Crippen LogP contribution in [-0.4, -0.2) is 30.8 Å². The molecule has 2 aromatic rings. The number of amides is 1. The lowest BCUT2D eigenvalue weighted by atomic mass is 10.0. The second kappa shape index (κ2) is 7.76. The molecule has 1 amide bonds. The number of esters is 1. The summed E-state index contributed by atoms with van der Waals surface area (Å²) in [7, 11) is 1.28. The zero-order valence-electron chi connectivity index (χ0n) is 13.7. The molecule has 2 aromatic carbocycles. The molecule has 1 heterocycles. The maximum Gasteiger partial charge on any atom is 0.339 e. The van der Waals surface area contributed by atoms with E-state index in [2.05, 4.69) is 10.5 Å². The lowest BCUT2D eigenvalue weighted by Crippen LogP contribution is -2.28. The molecule has 1 aliphatic rings. The fourth-order valence-electron chi connectivity index (χ4n) is 2.46. The fourth-order valence-corrected chi connectivity index (χ4v) is 2.76. The van der Waals surface area contributed by atoms with Crippen molar-refractivity contribution in [2.75, 3.05) is 12.4 Å². The third-order valence-corrected chi connectivity index (χ3v) is 4.54. The zero-order chi connectivity index (χ0) is 18.7. The van der Waals surface area contributed by atoms with Gasteiger partial charge in [0, 0.05) is 12.0 Å². The van der Waals surface area contributed by atoms with Gasteiger partial charge in [-0.25, -0.2) is 4.79 Å². The number of oxime groups is 1. The summed E-state index contributed by atoms with van der Waals surface area (Å²) in [4.78, 5) is 29.5. The Balaban J connectivity index is 1.70. The Morgan fingerprint density at radius 3 is 2.69 bits per heavy atom. The number of halogens is 2. The lowest BCUT2D eigenvalue weighted by molar-refractivity contribution is -0.125. The van der Waals surface area contributed by atoms with Crippen LogP contribution in [0.2, 0.25) is 10.0 Å². The Kier molecular flexibility index (Phi) is 5.44. The Labute approximate surface area is 159 Å². The van der Waals surface area contributed by atoms with Gasteiger partial charge in [-0.1, -0.05) is 46.6 Å². The van der Waals surface area contributed by atoms with Crippen LogP contribution in [0.4, 0.5) is 5.69 Å². The highest BCUT2D eigenvalue weighted by Gasteiger charge is 2.30. The summed E-state index contributed by atoms with van der Waals surface area (Å²) in [5.41, 5.74) is 1.91. The van der Waals surface area contributed by atoms with Crippen molar-refractivity contribution < 1.29 is 19.2 Å². The van der Waals surface area contributed by atoms with Gasteiger partial charge in [-0.15, -0.1) is 0 Å². The summed E-state index contributed by atoms with van der Waals surface area (Å²) in [6.07, 6.45) is -0.547. The van der Waals surface area contributed by atoms with Crippen molar-refractivity contribution in [3.63, 3.8) is 0 Å². The Bertz CT molecular complexity index is 899. The molecular weight excluding hydrogens is 379 g/mol. The van der Waals surface area contributed by atoms with Gasteiger partial charge in [0.15, 0.2) is 0 Å². The first-order valence-corrected chi connectivity index (χ1v) is 8.41. The van der Waals surface area contributed by atoms with Crippen LogP contribution in [0.15, 0.2) is 47.6 Å². The molecule has 0 aromatic heterocycles. The van der Waals surface area contributed by atoms with Crippen LogP contribution in [0.25, 0.3) is 0 Å². The summed E-state index contributed by atoms with van der Waals surface area (Å²) < 4.78 is 4.71. The van der Waals surface area contributed by atoms with Crippen LogP contribution in [0.5, 0.6) is 0 Å². The molecule has 0 unspecified atom stereocenters. The predicted octanol–water partition coefficient (Wildman–Crippen LogP) is 3.91. The largest absolute Gasteiger partial charge is 0.465 e. The van der Waals surface area contributed by atoms with Crippen LogP contribution in [0, 0.1) is 0 Å². The van der Waals surface area contributed by atoms with Gasteiger partial charge < -0.3 is 14.9 Å². The number of benzene rings is 2. The van der Waals surface area contributed by atoms with Gasteiger partial charge in [-0.3, -0.25) is 4.79 Å². The van der Waals surface area contributed by atoms with E-state index in [0.29, 0.717) is 21.4 Å². The molecule has 0 saturated heterocycles. The van der Waals surface area contributed by atoms with E-state index in [-0.39, 0.29) is 12.0 Å². The first kappa shape index (κ1) is 18.2. The number of rotatable bonds is 4. The van der Waals surface area contributed by atoms with E-state index in [1.807, 2.05) is 0 Å². The maximum absolute atomic E-state index is 12.5. The van der Waals surface area contributed by atoms with E-state index in [4.69, 9.17) is 32.8 Å². The third-order valence-electron chi connectivity index (χ3n) is 3.80. The Hall–Kier alpha value is -2.57. The molecule has 26 heavy (non-hydrogen) atoms. The molecule has 134 valence electrons. The third kappa shape index (κ3) is 3.81. The maximum atomic E-state index is 12.5. The first-order valence-electron chi connectivity index (χ1n) is 7.66. The molecule has 0 spiro atoms. The number of carbonyl (C=O) groups excluding carboxylic acids is 2. The van der Waals surface area contributed by atoms with Crippen molar-refractivity contribution in [1.82, 2.24) is 0 Å². The van der Waals surface area contributed by atoms with Crippen molar-refractivity contribution in [2.24, 2.45) is 5.16 Å². The minimum Gasteiger partial charge on any atom is -0.465 e. The number of carbonyl (C=O) groups is 2. The number of anilines is 1. The van der Waals surface area contributed by atoms with Crippen molar-refractivity contribution in [3.05, 3.63) is 63.6 Å². The van der Waals surface area contributed by atoms with E-state index in [1.54, 1.807) is 42.5 Å². The molecular formula is C18H14Cl2N2O4. The van der Waals surface area contributed by atoms with Crippen LogP contribution in [0.3, 0.4) is 0 Å². The number of para-hydroxylation sites is 1. The molecule has 0 fully saturated rings. The molecule has 8 heteroatoms. The topological polar surface area (TPSA) is 77.0 Å². The number of nitrogens with zero attached hydrogens (tertiary/aromatic N) is 1. The van der Waals surface area contributed by atoms with Crippen molar-refractivity contribution in [2.45, 2.75) is 12.5 Å². The molecule has 0 saturated carbocycles. The van der Waals surface area contributed by atoms with Gasteiger partial charge in [0.05, 0.1) is 34.1 Å². The molecule has 0 bridgehead atoms. The number of hydrogen-bond acceptors (Lipinski definition) is 5. The van der Waals surface area contributed by atoms with E-state index < -0.39 is 18.0 Å². The van der Waals surface area contributed by atoms with Crippen molar-refractivity contribution in [1.29, 1.82) is 0 Å². The van der Waals surface area contributed by atoms with Crippen LogP contribution in [0.1, 0.15) is 22.3 Å². The minimum absolute atomic E-state index is 0.256. The average Bonchev–Trinajstić information content (AvgIpc) is 3.14. The number of methoxy groups -OCH3 is 1. The van der Waals surface area contributed by atoms with Crippen molar-refractivity contribution >= 4 is 46.5 Å². The van der Waals surface area contributed by atoms with E-state index >= 15 is 0 Å². The van der Waals surface area contributed by atoms with Gasteiger partial charge in [-0.2, -0.15) is 0 Å². The van der Waals surface area contributed by atoms with Gasteiger partial charge in [0.2, 0.25) is 6.10 Å². The predicted molar refractivity (Wildman–Crippen MR) is 98.9 cm³/mol. The molecule has 0 radical (unpaired) electrons. The second-order valence-electron chi connectivity index (χ2n) is 5.49. The minimum atomic E-state index is -0.815. The van der Waals surface area contributed by atoms with Crippen molar-refractivity contribution in [3.8, 4) is 0 Å². The molecule has 3 rings (SSSR count). The summed E-state index contributed by atoms with van der Waals surface area (Å²) in [5, 5.41) is 7.46. The summed E-state index contributed by atoms with van der Waals surface area (Å²) in [5.74, 6) is -0.957. The standard InChI is InChI=1S/C18H14Cl2N2O4/c1-25-18(24)11-4-2-3-5-14(11)21-17(23)16-9-15(22-26-16)10-6-7-12(19)13(20)8-10/h2-8,16H,9H2,1H3,(H,21,23)/t16-/m1/s1. The van der Waals surface area contributed by atoms with Gasteiger partial charge >= 0.3 is 5.97 Å². The summed E-state index contributed by atoms with van der Waals surface area (Å²) >= 11 is 11.9. The van der Waals surface area contributed by atoms with Crippen LogP contribution in [-0.2, 0) is 14.4 Å². The normalized spacial score (nSPS) is 15.8. The monoisotopic (exact) mass is 392 g/mol. The average molecular weight is 393 g/mol. The zero-order valence-corrected chi connectivity index (χ0v) is 15.2. The highest BCUT2D eigenvalue weighted by Crippen LogP contribution is 2.26. The molecule has 1 aliphatic heterocycles. The molecule has 1 atom stereocenters. The van der Waals surface area contributed by atoms with Gasteiger partial charge in [0.1, 0.15) is 0 Å². The second-order valence-corrected chi connectivity index (χ2v) is 6.31. The fraction of sp³-hybridized carbons (Fsp3) is 0.167. The SMILES string of the molecule is COC(=O)c1ccccc1NC(=O)[C@H]1CC(c2ccc(Cl)c(Cl)c2)=NO1. The Morgan fingerprint density at radius 1 is 1.19 bits per heavy atom. The number of hydrogen-bond donors (Lipinski definition) is 1. The lowest BCUT2D eigenvalue weighted by Gasteiger charge is -2.12. The van der Waals surface area contributed by atoms with E-state index in [1.165, 1.54) is 7.11 Å². The summed E-state index contributed by atoms with van der Waals surface area (Å²) in [6.45, 7) is 0. The van der Waals surface area contributed by atoms with Gasteiger partial charge in [0.25, 0.3) is 5.91 Å². The van der Waals surface area contributed by atoms with Crippen LogP contribution >= 0.6 is 23.2 Å². The van der Waals surface area contributed by atoms with Crippen LogP contribution < -0.4 is 5.32 Å². The first-order chi connectivity index (χ1) is 12.5. The highest BCUT2D eigenvalue weighted by atomic mass is 35.5. The summed E-state index contributed by atoms with van der Waals surface area (Å²) in [6, 6.07) is 11.6. The highest BCUT2D eigenvalue weighted by molar-refractivity contribution is 6.42. The molecule has 6 nitrogen and oxygen atoms in total. The molecule has 1 N–H and O–H groups in total. The molecule has 0 aliphatic carbocycles. The number of ether oxygens (including phenoxy) is 1. The quantitative estimate of drug-likeness (QED) is 0.800. The Morgan fingerprint density at radius 2 is 1.96 bits per heavy atom. The van der Waals surface area contributed by atoms with E-state index in [9.17, 15) is 9.59 Å². The number of nitrogens with one attached hydrogen (secondary N) is 1. The van der Waals surface area contributed by atoms with Gasteiger partial charge in [-0.05, 0) is 24.3 Å². The smallest absolute Gasteiger partial charge is 0.339 e. The van der Waals surface area contributed by atoms with E-state index in [0.717, 1.165) is 5.56 Å².